The molecule has 0 bridgehead atoms. The topological polar surface area (TPSA) is 59.4 Å². The second-order valence-electron chi connectivity index (χ2n) is 7.08. The zero-order chi connectivity index (χ0) is 16.1. The van der Waals surface area contributed by atoms with Crippen molar-refractivity contribution in [2.45, 2.75) is 45.2 Å². The molecule has 2 N–H and O–H groups in total. The maximum Gasteiger partial charge on any atom is 0.0793 e. The zero-order valence-corrected chi connectivity index (χ0v) is 14.3. The Morgan fingerprint density at radius 2 is 1.32 bits per heavy atom. The highest BCUT2D eigenvalue weighted by Crippen LogP contribution is 2.11. The molecule has 0 unspecified atom stereocenters. The smallest absolute Gasteiger partial charge is 0.0793 e. The van der Waals surface area contributed by atoms with Crippen molar-refractivity contribution in [3.63, 3.8) is 0 Å². The minimum absolute atomic E-state index is 0.250. The SMILES string of the molecule is C[C@H](O)CN1CCN(C[C@H](O)CN2C[C@@H](C)O[C@@H](C)C2)CC1. The summed E-state index contributed by atoms with van der Waals surface area (Å²) in [5, 5.41) is 19.8. The van der Waals surface area contributed by atoms with Gasteiger partial charge in [0, 0.05) is 58.9 Å². The number of nitrogens with zero attached hydrogens (tertiary/aromatic N) is 3. The average molecular weight is 315 g/mol. The molecule has 0 aromatic carbocycles. The number of hydrogen-bond acceptors (Lipinski definition) is 6. The van der Waals surface area contributed by atoms with Gasteiger partial charge in [0.2, 0.25) is 0 Å². The van der Waals surface area contributed by atoms with Crippen LogP contribution in [-0.2, 0) is 4.74 Å². The lowest BCUT2D eigenvalue weighted by molar-refractivity contribution is -0.0786. The molecule has 130 valence electrons. The van der Waals surface area contributed by atoms with E-state index in [2.05, 4.69) is 28.5 Å². The van der Waals surface area contributed by atoms with Gasteiger partial charge in [-0.25, -0.2) is 0 Å². The standard InChI is InChI=1S/C16H33N3O3/c1-13(20)8-17-4-6-18(7-5-17)11-16(21)12-19-9-14(2)22-15(3)10-19/h13-16,20-21H,4-12H2,1-3H3/t13-,14-,15+,16-/m0/s1. The lowest BCUT2D eigenvalue weighted by Crippen LogP contribution is -2.53. The van der Waals surface area contributed by atoms with E-state index in [9.17, 15) is 10.2 Å². The largest absolute Gasteiger partial charge is 0.392 e. The summed E-state index contributed by atoms with van der Waals surface area (Å²) in [6, 6.07) is 0. The molecule has 0 aliphatic carbocycles. The summed E-state index contributed by atoms with van der Waals surface area (Å²) >= 11 is 0. The molecule has 6 nitrogen and oxygen atoms in total. The van der Waals surface area contributed by atoms with Crippen molar-refractivity contribution in [2.24, 2.45) is 0 Å². The van der Waals surface area contributed by atoms with Gasteiger partial charge in [0.05, 0.1) is 24.4 Å². The number of β-amino-alcohol motifs (C(OH)–C–C–N with tert-alkyl or cyclic N) is 2. The number of aliphatic hydroxyl groups is 2. The van der Waals surface area contributed by atoms with E-state index in [4.69, 9.17) is 4.74 Å². The molecule has 0 radical (unpaired) electrons. The Hall–Kier alpha value is -0.240. The lowest BCUT2D eigenvalue weighted by Gasteiger charge is -2.38. The number of piperazine rings is 1. The molecule has 0 amide bonds. The van der Waals surface area contributed by atoms with Crippen LogP contribution >= 0.6 is 0 Å². The third-order valence-corrected chi connectivity index (χ3v) is 4.42. The Morgan fingerprint density at radius 3 is 1.82 bits per heavy atom. The van der Waals surface area contributed by atoms with Crippen LogP contribution in [0.1, 0.15) is 20.8 Å². The first-order valence-electron chi connectivity index (χ1n) is 8.61. The van der Waals surface area contributed by atoms with Crippen molar-refractivity contribution in [2.75, 3.05) is 58.9 Å². The van der Waals surface area contributed by atoms with Gasteiger partial charge in [-0.1, -0.05) is 0 Å². The number of morpholine rings is 1. The fourth-order valence-electron chi connectivity index (χ4n) is 3.62. The fraction of sp³-hybridized carbons (Fsp3) is 1.00. The van der Waals surface area contributed by atoms with E-state index < -0.39 is 0 Å². The van der Waals surface area contributed by atoms with Crippen LogP contribution in [0.5, 0.6) is 0 Å². The summed E-state index contributed by atoms with van der Waals surface area (Å²) in [6.07, 6.45) is -0.0665. The normalized spacial score (nSPS) is 32.0. The zero-order valence-electron chi connectivity index (χ0n) is 14.3. The molecular weight excluding hydrogens is 282 g/mol. The highest BCUT2D eigenvalue weighted by molar-refractivity contribution is 4.79. The number of hydrogen-bond donors (Lipinski definition) is 2. The molecule has 2 saturated heterocycles. The van der Waals surface area contributed by atoms with Crippen LogP contribution in [-0.4, -0.2) is 108 Å². The van der Waals surface area contributed by atoms with Gasteiger partial charge in [-0.3, -0.25) is 14.7 Å². The fourth-order valence-corrected chi connectivity index (χ4v) is 3.62. The molecule has 4 atom stereocenters. The molecular formula is C16H33N3O3. The predicted octanol–water partition coefficient (Wildman–Crippen LogP) is -0.545. The number of rotatable bonds is 6. The maximum atomic E-state index is 10.4. The van der Waals surface area contributed by atoms with Gasteiger partial charge in [0.25, 0.3) is 0 Å². The Labute approximate surface area is 134 Å². The third kappa shape index (κ3) is 6.10. The van der Waals surface area contributed by atoms with Crippen LogP contribution in [0.15, 0.2) is 0 Å². The molecule has 0 spiro atoms. The summed E-state index contributed by atoms with van der Waals surface area (Å²) in [5.74, 6) is 0. The molecule has 6 heteroatoms. The van der Waals surface area contributed by atoms with Gasteiger partial charge in [-0.2, -0.15) is 0 Å². The van der Waals surface area contributed by atoms with Crippen molar-refractivity contribution in [3.8, 4) is 0 Å². The molecule has 0 saturated carbocycles. The first-order chi connectivity index (χ1) is 10.4. The minimum Gasteiger partial charge on any atom is -0.392 e. The minimum atomic E-state index is -0.305. The van der Waals surface area contributed by atoms with Gasteiger partial charge in [-0.15, -0.1) is 0 Å². The molecule has 2 rings (SSSR count). The van der Waals surface area contributed by atoms with Crippen LogP contribution < -0.4 is 0 Å². The van der Waals surface area contributed by atoms with Crippen molar-refractivity contribution >= 4 is 0 Å². The van der Waals surface area contributed by atoms with E-state index in [-0.39, 0.29) is 24.4 Å². The van der Waals surface area contributed by atoms with E-state index in [0.717, 1.165) is 58.9 Å². The predicted molar refractivity (Wildman–Crippen MR) is 87.0 cm³/mol. The maximum absolute atomic E-state index is 10.4. The Kier molecular flexibility index (Phi) is 7.05. The molecule has 2 heterocycles. The molecule has 0 aromatic rings. The van der Waals surface area contributed by atoms with E-state index in [1.807, 2.05) is 6.92 Å². The Bertz CT molecular complexity index is 312. The Balaban J connectivity index is 1.66. The summed E-state index contributed by atoms with van der Waals surface area (Å²) in [7, 11) is 0. The van der Waals surface area contributed by atoms with E-state index in [1.54, 1.807) is 0 Å². The van der Waals surface area contributed by atoms with Crippen molar-refractivity contribution < 1.29 is 14.9 Å². The second-order valence-corrected chi connectivity index (χ2v) is 7.08. The van der Waals surface area contributed by atoms with Gasteiger partial charge < -0.3 is 14.9 Å². The van der Waals surface area contributed by atoms with Crippen molar-refractivity contribution in [1.29, 1.82) is 0 Å². The first-order valence-corrected chi connectivity index (χ1v) is 8.61. The monoisotopic (exact) mass is 315 g/mol. The molecule has 2 aliphatic heterocycles. The van der Waals surface area contributed by atoms with E-state index in [1.165, 1.54) is 0 Å². The van der Waals surface area contributed by atoms with E-state index >= 15 is 0 Å². The van der Waals surface area contributed by atoms with Gasteiger partial charge in [-0.05, 0) is 20.8 Å². The number of ether oxygens (including phenoxy) is 1. The van der Waals surface area contributed by atoms with Gasteiger partial charge in [0.1, 0.15) is 0 Å². The summed E-state index contributed by atoms with van der Waals surface area (Å²) < 4.78 is 5.73. The van der Waals surface area contributed by atoms with Crippen LogP contribution in [0, 0.1) is 0 Å². The Morgan fingerprint density at radius 1 is 0.864 bits per heavy atom. The van der Waals surface area contributed by atoms with Crippen LogP contribution in [0.2, 0.25) is 0 Å². The van der Waals surface area contributed by atoms with Crippen LogP contribution in [0.25, 0.3) is 0 Å². The molecule has 22 heavy (non-hydrogen) atoms. The van der Waals surface area contributed by atoms with Gasteiger partial charge in [0.15, 0.2) is 0 Å². The first kappa shape index (κ1) is 18.1. The third-order valence-electron chi connectivity index (χ3n) is 4.42. The van der Waals surface area contributed by atoms with Crippen molar-refractivity contribution in [3.05, 3.63) is 0 Å². The molecule has 2 aliphatic rings. The summed E-state index contributed by atoms with van der Waals surface area (Å²) in [4.78, 5) is 6.93. The summed E-state index contributed by atoms with van der Waals surface area (Å²) in [6.45, 7) is 13.9. The van der Waals surface area contributed by atoms with Gasteiger partial charge >= 0.3 is 0 Å². The molecule has 0 aromatic heterocycles. The highest BCUT2D eigenvalue weighted by atomic mass is 16.5. The summed E-state index contributed by atoms with van der Waals surface area (Å²) in [5.41, 5.74) is 0. The second kappa shape index (κ2) is 8.57. The quantitative estimate of drug-likeness (QED) is 0.686. The average Bonchev–Trinajstić information content (AvgIpc) is 2.39. The van der Waals surface area contributed by atoms with Crippen LogP contribution in [0.4, 0.5) is 0 Å². The highest BCUT2D eigenvalue weighted by Gasteiger charge is 2.25. The molecule has 2 fully saturated rings. The van der Waals surface area contributed by atoms with E-state index in [0.29, 0.717) is 0 Å². The van der Waals surface area contributed by atoms with Crippen LogP contribution in [0.3, 0.4) is 0 Å². The number of aliphatic hydroxyl groups excluding tert-OH is 2. The van der Waals surface area contributed by atoms with Crippen molar-refractivity contribution in [1.82, 2.24) is 14.7 Å². The lowest BCUT2D eigenvalue weighted by atomic mass is 10.2.